The number of carbonyl (C=O) groups excluding carboxylic acids is 1. The van der Waals surface area contributed by atoms with Gasteiger partial charge >= 0.3 is 0 Å². The highest BCUT2D eigenvalue weighted by Crippen LogP contribution is 2.18. The molecule has 20 heavy (non-hydrogen) atoms. The Bertz CT molecular complexity index is 449. The summed E-state index contributed by atoms with van der Waals surface area (Å²) < 4.78 is 18.9. The molecule has 3 N–H and O–H groups in total. The van der Waals surface area contributed by atoms with Gasteiger partial charge in [-0.1, -0.05) is 13.8 Å². The number of hydrogen-bond donors (Lipinski definition) is 2. The van der Waals surface area contributed by atoms with E-state index in [-0.39, 0.29) is 11.7 Å². The zero-order valence-electron chi connectivity index (χ0n) is 12.3. The van der Waals surface area contributed by atoms with Crippen LogP contribution in [0.25, 0.3) is 0 Å². The molecule has 1 unspecified atom stereocenters. The van der Waals surface area contributed by atoms with Crippen LogP contribution in [-0.4, -0.2) is 25.1 Å². The number of rotatable bonds is 7. The summed E-state index contributed by atoms with van der Waals surface area (Å²) in [5, 5.41) is 2.78. The maximum Gasteiger partial charge on any atom is 0.260 e. The van der Waals surface area contributed by atoms with Crippen LogP contribution in [0.3, 0.4) is 0 Å². The quantitative estimate of drug-likeness (QED) is 0.802. The first-order chi connectivity index (χ1) is 9.42. The van der Waals surface area contributed by atoms with Crippen LogP contribution >= 0.6 is 0 Å². The minimum absolute atomic E-state index is 0.205. The van der Waals surface area contributed by atoms with Crippen LogP contribution in [0.1, 0.15) is 26.3 Å². The molecule has 0 bridgehead atoms. The van der Waals surface area contributed by atoms with E-state index in [0.717, 1.165) is 5.56 Å². The second-order valence-corrected chi connectivity index (χ2v) is 5.23. The van der Waals surface area contributed by atoms with Crippen molar-refractivity contribution in [2.45, 2.75) is 33.3 Å². The molecule has 0 aromatic heterocycles. The van der Waals surface area contributed by atoms with Crippen LogP contribution in [0.4, 0.5) is 4.39 Å². The normalized spacial score (nSPS) is 12.3. The van der Waals surface area contributed by atoms with Crippen molar-refractivity contribution in [2.75, 3.05) is 13.1 Å². The molecule has 1 aromatic rings. The van der Waals surface area contributed by atoms with Crippen molar-refractivity contribution >= 4 is 5.91 Å². The Morgan fingerprint density at radius 2 is 2.05 bits per heavy atom. The molecule has 0 heterocycles. The van der Waals surface area contributed by atoms with E-state index in [1.807, 2.05) is 13.8 Å². The summed E-state index contributed by atoms with van der Waals surface area (Å²) >= 11 is 0. The number of carbonyl (C=O) groups is 1. The van der Waals surface area contributed by atoms with Crippen molar-refractivity contribution in [3.63, 3.8) is 0 Å². The molecule has 1 amide bonds. The summed E-state index contributed by atoms with van der Waals surface area (Å²) in [5.41, 5.74) is 6.21. The van der Waals surface area contributed by atoms with Gasteiger partial charge in [0, 0.05) is 12.6 Å². The average molecular weight is 282 g/mol. The Hall–Kier alpha value is -1.62. The lowest BCUT2D eigenvalue weighted by Crippen LogP contribution is -2.38. The molecule has 1 rings (SSSR count). The van der Waals surface area contributed by atoms with Crippen LogP contribution in [0.2, 0.25) is 0 Å². The molecule has 4 nitrogen and oxygen atoms in total. The van der Waals surface area contributed by atoms with E-state index in [2.05, 4.69) is 5.32 Å². The van der Waals surface area contributed by atoms with Gasteiger partial charge in [-0.2, -0.15) is 0 Å². The number of nitrogens with two attached hydrogens (primary N) is 1. The number of ether oxygens (including phenoxy) is 1. The van der Waals surface area contributed by atoms with Crippen LogP contribution in [0.5, 0.6) is 5.75 Å². The highest BCUT2D eigenvalue weighted by Gasteiger charge is 2.15. The predicted molar refractivity (Wildman–Crippen MR) is 77.1 cm³/mol. The molecular weight excluding hydrogens is 259 g/mol. The first-order valence-corrected chi connectivity index (χ1v) is 6.86. The summed E-state index contributed by atoms with van der Waals surface area (Å²) in [6.07, 6.45) is -0.0940. The molecule has 0 saturated carbocycles. The smallest absolute Gasteiger partial charge is 0.260 e. The second kappa shape index (κ2) is 7.85. The first kappa shape index (κ1) is 16.4. The lowest BCUT2D eigenvalue weighted by molar-refractivity contribution is -0.127. The molecule has 1 aromatic carbocycles. The van der Waals surface area contributed by atoms with Gasteiger partial charge in [-0.3, -0.25) is 4.79 Å². The standard InChI is InChI=1S/C15H23FN2O2/c1-10(2)9-18-15(19)11(3)20-14-7-12(4-5-17)6-13(16)8-14/h6-8,10-11H,4-5,9,17H2,1-3H3,(H,18,19). The lowest BCUT2D eigenvalue weighted by atomic mass is 10.1. The van der Waals surface area contributed by atoms with E-state index in [1.165, 1.54) is 12.1 Å². The summed E-state index contributed by atoms with van der Waals surface area (Å²) in [4.78, 5) is 11.8. The lowest BCUT2D eigenvalue weighted by Gasteiger charge is -2.16. The average Bonchev–Trinajstić information content (AvgIpc) is 2.35. The molecule has 0 aliphatic heterocycles. The topological polar surface area (TPSA) is 64.3 Å². The highest BCUT2D eigenvalue weighted by molar-refractivity contribution is 5.80. The van der Waals surface area contributed by atoms with Crippen LogP contribution < -0.4 is 15.8 Å². The Balaban J connectivity index is 2.65. The molecule has 0 aliphatic rings. The third-order valence-electron chi connectivity index (χ3n) is 2.73. The summed E-state index contributed by atoms with van der Waals surface area (Å²) in [5.74, 6) is 0.126. The third-order valence-corrected chi connectivity index (χ3v) is 2.73. The molecular formula is C15H23FN2O2. The number of halogens is 1. The number of hydrogen-bond acceptors (Lipinski definition) is 3. The fraction of sp³-hybridized carbons (Fsp3) is 0.533. The third kappa shape index (κ3) is 5.57. The molecule has 0 aliphatic carbocycles. The van der Waals surface area contributed by atoms with Crippen molar-refractivity contribution in [3.05, 3.63) is 29.6 Å². The minimum atomic E-state index is -0.665. The Morgan fingerprint density at radius 1 is 1.35 bits per heavy atom. The van der Waals surface area contributed by atoms with E-state index in [9.17, 15) is 9.18 Å². The van der Waals surface area contributed by atoms with Crippen LogP contribution in [0.15, 0.2) is 18.2 Å². The largest absolute Gasteiger partial charge is 0.481 e. The van der Waals surface area contributed by atoms with E-state index in [1.54, 1.807) is 13.0 Å². The van der Waals surface area contributed by atoms with Crippen molar-refractivity contribution in [2.24, 2.45) is 11.7 Å². The highest BCUT2D eigenvalue weighted by atomic mass is 19.1. The molecule has 0 spiro atoms. The van der Waals surface area contributed by atoms with Gasteiger partial charge in [-0.15, -0.1) is 0 Å². The van der Waals surface area contributed by atoms with Gasteiger partial charge in [0.15, 0.2) is 6.10 Å². The van der Waals surface area contributed by atoms with Crippen molar-refractivity contribution < 1.29 is 13.9 Å². The Kier molecular flexibility index (Phi) is 6.45. The molecule has 0 fully saturated rings. The van der Waals surface area contributed by atoms with E-state index in [0.29, 0.717) is 31.2 Å². The zero-order chi connectivity index (χ0) is 15.1. The Morgan fingerprint density at radius 3 is 2.65 bits per heavy atom. The monoisotopic (exact) mass is 282 g/mol. The molecule has 1 atom stereocenters. The predicted octanol–water partition coefficient (Wildman–Crippen LogP) is 1.87. The van der Waals surface area contributed by atoms with Gasteiger partial charge in [0.25, 0.3) is 5.91 Å². The Labute approximate surface area is 119 Å². The van der Waals surface area contributed by atoms with E-state index in [4.69, 9.17) is 10.5 Å². The van der Waals surface area contributed by atoms with Gasteiger partial charge in [0.2, 0.25) is 0 Å². The minimum Gasteiger partial charge on any atom is -0.481 e. The van der Waals surface area contributed by atoms with Gasteiger partial charge < -0.3 is 15.8 Å². The molecule has 112 valence electrons. The first-order valence-electron chi connectivity index (χ1n) is 6.86. The summed E-state index contributed by atoms with van der Waals surface area (Å²) in [6.45, 7) is 6.69. The van der Waals surface area contributed by atoms with E-state index < -0.39 is 6.10 Å². The van der Waals surface area contributed by atoms with Crippen molar-refractivity contribution in [3.8, 4) is 5.75 Å². The molecule has 0 radical (unpaired) electrons. The van der Waals surface area contributed by atoms with Gasteiger partial charge in [-0.25, -0.2) is 4.39 Å². The fourth-order valence-electron chi connectivity index (χ4n) is 1.71. The number of nitrogens with one attached hydrogen (secondary N) is 1. The summed E-state index contributed by atoms with van der Waals surface area (Å²) in [6, 6.07) is 4.40. The van der Waals surface area contributed by atoms with Gasteiger partial charge in [0.1, 0.15) is 11.6 Å². The van der Waals surface area contributed by atoms with Gasteiger partial charge in [-0.05, 0) is 43.5 Å². The van der Waals surface area contributed by atoms with Gasteiger partial charge in [0.05, 0.1) is 0 Å². The van der Waals surface area contributed by atoms with Crippen molar-refractivity contribution in [1.82, 2.24) is 5.32 Å². The second-order valence-electron chi connectivity index (χ2n) is 5.23. The van der Waals surface area contributed by atoms with Crippen molar-refractivity contribution in [1.29, 1.82) is 0 Å². The van der Waals surface area contributed by atoms with E-state index >= 15 is 0 Å². The van der Waals surface area contributed by atoms with Crippen LogP contribution in [0, 0.1) is 11.7 Å². The van der Waals surface area contributed by atoms with Crippen LogP contribution in [-0.2, 0) is 11.2 Å². The SMILES string of the molecule is CC(C)CNC(=O)C(C)Oc1cc(F)cc(CCN)c1. The molecule has 0 saturated heterocycles. The number of benzene rings is 1. The maximum atomic E-state index is 13.4. The fourth-order valence-corrected chi connectivity index (χ4v) is 1.71. The molecule has 5 heteroatoms. The summed E-state index contributed by atoms with van der Waals surface area (Å²) in [7, 11) is 0. The maximum absolute atomic E-state index is 13.4. The zero-order valence-corrected chi connectivity index (χ0v) is 12.3. The number of amides is 1.